The number of para-hydroxylation sites is 1. The lowest BCUT2D eigenvalue weighted by Crippen LogP contribution is -2.41. The van der Waals surface area contributed by atoms with E-state index in [-0.39, 0.29) is 23.8 Å². The lowest BCUT2D eigenvalue weighted by molar-refractivity contribution is -0.121. The molecule has 2 amide bonds. The molecule has 1 unspecified atom stereocenters. The Hall–Kier alpha value is -1.69. The molecule has 1 N–H and O–H groups in total. The Balaban J connectivity index is 1.44. The van der Waals surface area contributed by atoms with Crippen molar-refractivity contribution in [1.29, 1.82) is 0 Å². The first-order chi connectivity index (χ1) is 9.72. The number of nitrogens with one attached hydrogen (secondary N) is 1. The van der Waals surface area contributed by atoms with Crippen LogP contribution in [0.15, 0.2) is 24.3 Å². The van der Waals surface area contributed by atoms with Gasteiger partial charge in [0.2, 0.25) is 5.91 Å². The van der Waals surface area contributed by atoms with Gasteiger partial charge in [-0.25, -0.2) is 0 Å². The summed E-state index contributed by atoms with van der Waals surface area (Å²) in [7, 11) is 0. The van der Waals surface area contributed by atoms with Crippen molar-refractivity contribution < 1.29 is 14.3 Å². The second-order valence-corrected chi connectivity index (χ2v) is 5.94. The van der Waals surface area contributed by atoms with Crippen LogP contribution in [0.25, 0.3) is 0 Å². The smallest absolute Gasteiger partial charge is 0.282 e. The van der Waals surface area contributed by atoms with Crippen LogP contribution < -0.4 is 10.1 Å². The summed E-state index contributed by atoms with van der Waals surface area (Å²) in [5.74, 6) is 1.55. The van der Waals surface area contributed by atoms with E-state index < -0.39 is 0 Å². The Labute approximate surface area is 121 Å². The maximum atomic E-state index is 11.8. The minimum atomic E-state index is -0.125. The average molecular weight is 292 g/mol. The van der Waals surface area contributed by atoms with Crippen molar-refractivity contribution in [2.75, 3.05) is 25.4 Å². The van der Waals surface area contributed by atoms with E-state index in [1.807, 2.05) is 24.3 Å². The van der Waals surface area contributed by atoms with Gasteiger partial charge >= 0.3 is 0 Å². The summed E-state index contributed by atoms with van der Waals surface area (Å²) in [5, 5.41) is 2.83. The van der Waals surface area contributed by atoms with Crippen LogP contribution in [0.1, 0.15) is 5.56 Å². The Kier molecular flexibility index (Phi) is 3.82. The van der Waals surface area contributed by atoms with Gasteiger partial charge in [0.15, 0.2) is 0 Å². The first-order valence-electron chi connectivity index (χ1n) is 6.65. The number of nitrogens with zero attached hydrogens (tertiary/aromatic N) is 1. The number of thioether (sulfide) groups is 1. The molecule has 3 rings (SSSR count). The second kappa shape index (κ2) is 5.75. The summed E-state index contributed by atoms with van der Waals surface area (Å²) in [6.07, 6.45) is 0.801. The first-order valence-corrected chi connectivity index (χ1v) is 7.64. The van der Waals surface area contributed by atoms with Gasteiger partial charge in [0, 0.05) is 18.7 Å². The van der Waals surface area contributed by atoms with Crippen LogP contribution in [0.3, 0.4) is 0 Å². The van der Waals surface area contributed by atoms with E-state index >= 15 is 0 Å². The highest BCUT2D eigenvalue weighted by atomic mass is 32.2. The Morgan fingerprint density at radius 1 is 1.45 bits per heavy atom. The predicted molar refractivity (Wildman–Crippen MR) is 77.0 cm³/mol. The van der Waals surface area contributed by atoms with Crippen molar-refractivity contribution in [3.05, 3.63) is 29.8 Å². The van der Waals surface area contributed by atoms with Gasteiger partial charge in [0.1, 0.15) is 18.4 Å². The van der Waals surface area contributed by atoms with E-state index in [0.717, 1.165) is 17.9 Å². The number of rotatable bonds is 4. The third-order valence-electron chi connectivity index (χ3n) is 3.42. The quantitative estimate of drug-likeness (QED) is 0.908. The second-order valence-electron chi connectivity index (χ2n) is 4.89. The maximum Gasteiger partial charge on any atom is 0.282 e. The van der Waals surface area contributed by atoms with Crippen LogP contribution in [-0.4, -0.2) is 47.5 Å². The van der Waals surface area contributed by atoms with Gasteiger partial charge < -0.3 is 15.0 Å². The molecule has 2 aliphatic heterocycles. The van der Waals surface area contributed by atoms with E-state index in [4.69, 9.17) is 4.74 Å². The average Bonchev–Trinajstić information content (AvgIpc) is 3.03. The molecule has 6 heteroatoms. The molecule has 0 saturated carbocycles. The third-order valence-corrected chi connectivity index (χ3v) is 4.31. The fourth-order valence-electron chi connectivity index (χ4n) is 2.39. The van der Waals surface area contributed by atoms with Crippen molar-refractivity contribution in [3.8, 4) is 5.75 Å². The molecule has 1 saturated heterocycles. The lowest BCUT2D eigenvalue weighted by atomic mass is 10.1. The highest BCUT2D eigenvalue weighted by Gasteiger charge is 2.25. The number of hydrogen-bond acceptors (Lipinski definition) is 4. The molecule has 0 aromatic heterocycles. The van der Waals surface area contributed by atoms with Crippen molar-refractivity contribution in [1.82, 2.24) is 10.2 Å². The van der Waals surface area contributed by atoms with Gasteiger partial charge in [-0.1, -0.05) is 30.0 Å². The van der Waals surface area contributed by atoms with E-state index in [0.29, 0.717) is 13.1 Å². The van der Waals surface area contributed by atoms with Crippen LogP contribution in [0, 0.1) is 0 Å². The predicted octanol–water partition coefficient (Wildman–Crippen LogP) is 1.28. The summed E-state index contributed by atoms with van der Waals surface area (Å²) in [6, 6.07) is 7.91. The molecular formula is C14H16N2O3S. The Morgan fingerprint density at radius 2 is 2.30 bits per heavy atom. The number of fused-ring (bicyclic) bond motifs is 1. The van der Waals surface area contributed by atoms with Crippen LogP contribution in [0.4, 0.5) is 4.79 Å². The van der Waals surface area contributed by atoms with Crippen molar-refractivity contribution in [3.63, 3.8) is 0 Å². The summed E-state index contributed by atoms with van der Waals surface area (Å²) >= 11 is 1.26. The summed E-state index contributed by atoms with van der Waals surface area (Å²) in [6.45, 7) is 1.27. The lowest BCUT2D eigenvalue weighted by Gasteiger charge is -2.16. The number of carbonyl (C=O) groups is 2. The first kappa shape index (κ1) is 13.3. The molecule has 20 heavy (non-hydrogen) atoms. The number of benzene rings is 1. The highest BCUT2D eigenvalue weighted by Crippen LogP contribution is 2.27. The normalized spacial score (nSPS) is 20.7. The third kappa shape index (κ3) is 2.90. The molecular weight excluding hydrogens is 276 g/mol. The SMILES string of the molecule is O=C(CN1CCSC1=O)NCC1Cc2ccccc2O1. The zero-order valence-electron chi connectivity index (χ0n) is 11.0. The number of carbonyl (C=O) groups excluding carboxylic acids is 2. The molecule has 2 heterocycles. The van der Waals surface area contributed by atoms with Crippen molar-refractivity contribution in [2.24, 2.45) is 0 Å². The van der Waals surface area contributed by atoms with Crippen molar-refractivity contribution >= 4 is 22.9 Å². The highest BCUT2D eigenvalue weighted by molar-refractivity contribution is 8.13. The van der Waals surface area contributed by atoms with Gasteiger partial charge in [0.05, 0.1) is 6.54 Å². The van der Waals surface area contributed by atoms with E-state index in [2.05, 4.69) is 5.32 Å². The number of amides is 2. The van der Waals surface area contributed by atoms with Gasteiger partial charge in [-0.2, -0.15) is 0 Å². The molecule has 1 aromatic rings. The van der Waals surface area contributed by atoms with E-state index in [9.17, 15) is 9.59 Å². The zero-order chi connectivity index (χ0) is 13.9. The van der Waals surface area contributed by atoms with Crippen molar-refractivity contribution in [2.45, 2.75) is 12.5 Å². The molecule has 1 aromatic carbocycles. The topological polar surface area (TPSA) is 58.6 Å². The molecule has 5 nitrogen and oxygen atoms in total. The maximum absolute atomic E-state index is 11.8. The largest absolute Gasteiger partial charge is 0.488 e. The van der Waals surface area contributed by atoms with E-state index in [1.165, 1.54) is 17.3 Å². The monoisotopic (exact) mass is 292 g/mol. The van der Waals surface area contributed by atoms with Gasteiger partial charge in [-0.3, -0.25) is 9.59 Å². The molecule has 0 spiro atoms. The number of ether oxygens (including phenoxy) is 1. The van der Waals surface area contributed by atoms with Crippen LogP contribution >= 0.6 is 11.8 Å². The fourth-order valence-corrected chi connectivity index (χ4v) is 3.22. The molecule has 0 bridgehead atoms. The van der Waals surface area contributed by atoms with Gasteiger partial charge in [-0.15, -0.1) is 0 Å². The Morgan fingerprint density at radius 3 is 3.05 bits per heavy atom. The zero-order valence-corrected chi connectivity index (χ0v) is 11.8. The summed E-state index contributed by atoms with van der Waals surface area (Å²) in [4.78, 5) is 24.8. The molecule has 0 radical (unpaired) electrons. The molecule has 0 aliphatic carbocycles. The Bertz CT molecular complexity index is 510. The van der Waals surface area contributed by atoms with E-state index in [1.54, 1.807) is 4.90 Å². The minimum Gasteiger partial charge on any atom is -0.488 e. The molecule has 1 fully saturated rings. The molecule has 106 valence electrons. The molecule has 1 atom stereocenters. The summed E-state index contributed by atoms with van der Waals surface area (Å²) in [5.41, 5.74) is 1.18. The van der Waals surface area contributed by atoms with Gasteiger partial charge in [0.25, 0.3) is 5.24 Å². The van der Waals surface area contributed by atoms with Gasteiger partial charge in [-0.05, 0) is 11.6 Å². The minimum absolute atomic E-state index is 0.00956. The van der Waals surface area contributed by atoms with Crippen LogP contribution in [-0.2, 0) is 11.2 Å². The fraction of sp³-hybridized carbons (Fsp3) is 0.429. The standard InChI is InChI=1S/C14H16N2O3S/c17-13(9-16-5-6-20-14(16)18)15-8-11-7-10-3-1-2-4-12(10)19-11/h1-4,11H,5-9H2,(H,15,17). The number of hydrogen-bond donors (Lipinski definition) is 1. The molecule has 2 aliphatic rings. The van der Waals surface area contributed by atoms with Crippen LogP contribution in [0.5, 0.6) is 5.75 Å². The van der Waals surface area contributed by atoms with Crippen LogP contribution in [0.2, 0.25) is 0 Å². The summed E-state index contributed by atoms with van der Waals surface area (Å²) < 4.78 is 5.75.